The van der Waals surface area contributed by atoms with Crippen LogP contribution in [0.2, 0.25) is 0 Å². The van der Waals surface area contributed by atoms with E-state index in [1.165, 1.54) is 6.07 Å². The zero-order valence-electron chi connectivity index (χ0n) is 8.93. The number of rotatable bonds is 4. The molecule has 1 aromatic carbocycles. The van der Waals surface area contributed by atoms with Crippen LogP contribution in [-0.2, 0) is 6.42 Å². The van der Waals surface area contributed by atoms with Gasteiger partial charge in [-0.3, -0.25) is 0 Å². The molecule has 0 aliphatic rings. The van der Waals surface area contributed by atoms with Crippen molar-refractivity contribution in [2.45, 2.75) is 32.1 Å². The van der Waals surface area contributed by atoms with Crippen molar-refractivity contribution in [3.05, 3.63) is 34.1 Å². The molecule has 0 bridgehead atoms. The van der Waals surface area contributed by atoms with Crippen molar-refractivity contribution >= 4 is 27.5 Å². The first-order valence-corrected chi connectivity index (χ1v) is 6.30. The van der Waals surface area contributed by atoms with Gasteiger partial charge in [0.2, 0.25) is 0 Å². The monoisotopic (exact) mass is 292 g/mol. The molecule has 0 aromatic heterocycles. The molecule has 0 fully saturated rings. The Morgan fingerprint density at radius 3 is 2.67 bits per heavy atom. The molecule has 1 aromatic rings. The largest absolute Gasteiger partial charge is 0.206 e. The first-order chi connectivity index (χ1) is 7.00. The van der Waals surface area contributed by atoms with Crippen LogP contribution in [0.25, 0.3) is 0 Å². The van der Waals surface area contributed by atoms with Crippen LogP contribution in [0.3, 0.4) is 0 Å². The van der Waals surface area contributed by atoms with Gasteiger partial charge in [0.1, 0.15) is 5.82 Å². The molecule has 0 nitrogen and oxygen atoms in total. The molecule has 0 aliphatic heterocycles. The van der Waals surface area contributed by atoms with Gasteiger partial charge in [-0.1, -0.05) is 19.1 Å². The molecular formula is C12H15BrClF. The van der Waals surface area contributed by atoms with E-state index in [2.05, 4.69) is 22.9 Å². The summed E-state index contributed by atoms with van der Waals surface area (Å²) in [4.78, 5) is 0. The van der Waals surface area contributed by atoms with Crippen molar-refractivity contribution < 1.29 is 4.39 Å². The van der Waals surface area contributed by atoms with Crippen LogP contribution in [0, 0.1) is 11.7 Å². The molecule has 0 saturated carbocycles. The first kappa shape index (κ1) is 13.0. The van der Waals surface area contributed by atoms with Crippen molar-refractivity contribution in [2.24, 2.45) is 5.92 Å². The lowest BCUT2D eigenvalue weighted by Crippen LogP contribution is -2.06. The van der Waals surface area contributed by atoms with Gasteiger partial charge in [-0.2, -0.15) is 0 Å². The standard InChI is InChI=1S/C12H15BrClF/c1-8(6-9(2)14)7-10-4-3-5-11(15)12(10)13/h3-5,8-9H,6-7H2,1-2H3. The van der Waals surface area contributed by atoms with Crippen LogP contribution in [0.5, 0.6) is 0 Å². The molecule has 0 amide bonds. The van der Waals surface area contributed by atoms with Crippen molar-refractivity contribution in [2.75, 3.05) is 0 Å². The SMILES string of the molecule is CC(Cl)CC(C)Cc1cccc(F)c1Br. The van der Waals surface area contributed by atoms with Crippen LogP contribution in [0.15, 0.2) is 22.7 Å². The molecular weight excluding hydrogens is 278 g/mol. The minimum atomic E-state index is -0.196. The molecule has 0 spiro atoms. The summed E-state index contributed by atoms with van der Waals surface area (Å²) in [5.74, 6) is 0.272. The average molecular weight is 294 g/mol. The molecule has 0 aliphatic carbocycles. The molecule has 2 atom stereocenters. The highest BCUT2D eigenvalue weighted by Crippen LogP contribution is 2.24. The maximum Gasteiger partial charge on any atom is 0.137 e. The van der Waals surface area contributed by atoms with Gasteiger partial charge in [-0.15, -0.1) is 11.6 Å². The summed E-state index contributed by atoms with van der Waals surface area (Å²) in [6, 6.07) is 5.15. The Morgan fingerprint density at radius 1 is 1.40 bits per heavy atom. The molecule has 0 saturated heterocycles. The zero-order chi connectivity index (χ0) is 11.4. The lowest BCUT2D eigenvalue weighted by atomic mass is 9.97. The third kappa shape index (κ3) is 4.12. The predicted octanol–water partition coefficient (Wildman–Crippen LogP) is 4.78. The van der Waals surface area contributed by atoms with Gasteiger partial charge < -0.3 is 0 Å². The molecule has 2 unspecified atom stereocenters. The van der Waals surface area contributed by atoms with E-state index in [9.17, 15) is 4.39 Å². The first-order valence-electron chi connectivity index (χ1n) is 5.07. The Labute approximate surface area is 104 Å². The predicted molar refractivity (Wildman–Crippen MR) is 66.9 cm³/mol. The van der Waals surface area contributed by atoms with Crippen LogP contribution in [0.4, 0.5) is 4.39 Å². The maximum absolute atomic E-state index is 13.2. The number of halogens is 3. The average Bonchev–Trinajstić information content (AvgIpc) is 2.11. The molecule has 0 heterocycles. The number of hydrogen-bond donors (Lipinski definition) is 0. The minimum Gasteiger partial charge on any atom is -0.206 e. The van der Waals surface area contributed by atoms with Crippen molar-refractivity contribution in [3.8, 4) is 0 Å². The molecule has 0 radical (unpaired) electrons. The number of alkyl halides is 1. The van der Waals surface area contributed by atoms with E-state index in [4.69, 9.17) is 11.6 Å². The van der Waals surface area contributed by atoms with Gasteiger partial charge in [0.15, 0.2) is 0 Å². The Hall–Kier alpha value is -0.0800. The van der Waals surface area contributed by atoms with Crippen molar-refractivity contribution in [1.29, 1.82) is 0 Å². The second-order valence-electron chi connectivity index (χ2n) is 4.04. The minimum absolute atomic E-state index is 0.173. The second-order valence-corrected chi connectivity index (χ2v) is 5.58. The van der Waals surface area contributed by atoms with E-state index in [0.717, 1.165) is 18.4 Å². The zero-order valence-corrected chi connectivity index (χ0v) is 11.3. The lowest BCUT2D eigenvalue weighted by Gasteiger charge is -2.14. The van der Waals surface area contributed by atoms with E-state index in [1.807, 2.05) is 13.0 Å². The third-order valence-electron chi connectivity index (χ3n) is 2.33. The smallest absolute Gasteiger partial charge is 0.137 e. The van der Waals surface area contributed by atoms with E-state index in [-0.39, 0.29) is 11.2 Å². The fourth-order valence-electron chi connectivity index (χ4n) is 1.72. The topological polar surface area (TPSA) is 0 Å². The van der Waals surface area contributed by atoms with Crippen molar-refractivity contribution in [3.63, 3.8) is 0 Å². The summed E-state index contributed by atoms with van der Waals surface area (Å²) in [6.07, 6.45) is 1.81. The van der Waals surface area contributed by atoms with Gasteiger partial charge in [-0.25, -0.2) is 4.39 Å². The summed E-state index contributed by atoms with van der Waals surface area (Å²) in [6.45, 7) is 4.12. The molecule has 3 heteroatoms. The Bertz CT molecular complexity index is 325. The number of benzene rings is 1. The quantitative estimate of drug-likeness (QED) is 0.701. The van der Waals surface area contributed by atoms with Gasteiger partial charge in [-0.05, 0) is 53.2 Å². The second kappa shape index (κ2) is 5.86. The summed E-state index contributed by atoms with van der Waals surface area (Å²) in [5.41, 5.74) is 1.01. The van der Waals surface area contributed by atoms with Crippen LogP contribution in [-0.4, -0.2) is 5.38 Å². The molecule has 0 N–H and O–H groups in total. The van der Waals surface area contributed by atoms with Gasteiger partial charge in [0.05, 0.1) is 4.47 Å². The third-order valence-corrected chi connectivity index (χ3v) is 3.39. The van der Waals surface area contributed by atoms with Gasteiger partial charge >= 0.3 is 0 Å². The van der Waals surface area contributed by atoms with Crippen LogP contribution < -0.4 is 0 Å². The fourth-order valence-corrected chi connectivity index (χ4v) is 2.45. The highest BCUT2D eigenvalue weighted by molar-refractivity contribution is 9.10. The van der Waals surface area contributed by atoms with E-state index < -0.39 is 0 Å². The summed E-state index contributed by atoms with van der Waals surface area (Å²) in [7, 11) is 0. The fraction of sp³-hybridized carbons (Fsp3) is 0.500. The Morgan fingerprint density at radius 2 is 2.07 bits per heavy atom. The summed E-state index contributed by atoms with van der Waals surface area (Å²) < 4.78 is 13.8. The van der Waals surface area contributed by atoms with E-state index in [1.54, 1.807) is 6.07 Å². The highest BCUT2D eigenvalue weighted by atomic mass is 79.9. The Balaban J connectivity index is 2.68. The van der Waals surface area contributed by atoms with Crippen LogP contribution >= 0.6 is 27.5 Å². The van der Waals surface area contributed by atoms with E-state index >= 15 is 0 Å². The van der Waals surface area contributed by atoms with Gasteiger partial charge in [0.25, 0.3) is 0 Å². The lowest BCUT2D eigenvalue weighted by molar-refractivity contribution is 0.522. The molecule has 84 valence electrons. The molecule has 1 rings (SSSR count). The summed E-state index contributed by atoms with van der Waals surface area (Å²) >= 11 is 9.19. The van der Waals surface area contributed by atoms with Crippen molar-refractivity contribution in [1.82, 2.24) is 0 Å². The summed E-state index contributed by atoms with van der Waals surface area (Å²) in [5, 5.41) is 0.173. The Kier molecular flexibility index (Phi) is 5.07. The van der Waals surface area contributed by atoms with E-state index in [0.29, 0.717) is 10.4 Å². The highest BCUT2D eigenvalue weighted by Gasteiger charge is 2.11. The number of hydrogen-bond acceptors (Lipinski definition) is 0. The van der Waals surface area contributed by atoms with Gasteiger partial charge in [0, 0.05) is 5.38 Å². The molecule has 15 heavy (non-hydrogen) atoms. The normalized spacial score (nSPS) is 15.0. The van der Waals surface area contributed by atoms with Crippen LogP contribution in [0.1, 0.15) is 25.8 Å². The maximum atomic E-state index is 13.2.